The maximum absolute atomic E-state index is 11.9. The van der Waals surface area contributed by atoms with E-state index in [4.69, 9.17) is 5.73 Å². The highest BCUT2D eigenvalue weighted by Gasteiger charge is 2.18. The van der Waals surface area contributed by atoms with E-state index in [2.05, 4.69) is 5.32 Å². The summed E-state index contributed by atoms with van der Waals surface area (Å²) in [6.07, 6.45) is 0. The van der Waals surface area contributed by atoms with Crippen molar-refractivity contribution in [2.24, 2.45) is 11.7 Å². The Morgan fingerprint density at radius 3 is 2.40 bits per heavy atom. The molecule has 0 spiro atoms. The molecule has 0 aliphatic carbocycles. The Labute approximate surface area is 120 Å². The second-order valence-electron chi connectivity index (χ2n) is 5.22. The van der Waals surface area contributed by atoms with Gasteiger partial charge in [-0.05, 0) is 11.5 Å². The summed E-state index contributed by atoms with van der Waals surface area (Å²) in [4.78, 5) is 25.2. The lowest BCUT2D eigenvalue weighted by molar-refractivity contribution is -0.132. The summed E-state index contributed by atoms with van der Waals surface area (Å²) in [7, 11) is 1.71. The van der Waals surface area contributed by atoms with E-state index in [0.717, 1.165) is 5.56 Å². The number of hydrogen-bond acceptors (Lipinski definition) is 3. The molecule has 3 N–H and O–H groups in total. The highest BCUT2D eigenvalue weighted by molar-refractivity contribution is 5.87. The van der Waals surface area contributed by atoms with Crippen molar-refractivity contribution in [3.8, 4) is 0 Å². The molecule has 2 amide bonds. The maximum atomic E-state index is 11.9. The third kappa shape index (κ3) is 5.01. The van der Waals surface area contributed by atoms with E-state index in [1.807, 2.05) is 44.2 Å². The SMILES string of the molecule is CC(C)[C@H](N)C(=O)NCC(=O)N(C)Cc1ccccc1. The topological polar surface area (TPSA) is 75.4 Å². The van der Waals surface area contributed by atoms with Gasteiger partial charge in [-0.2, -0.15) is 0 Å². The molecule has 1 atom stereocenters. The summed E-state index contributed by atoms with van der Waals surface area (Å²) in [5.74, 6) is -0.383. The first-order valence-corrected chi connectivity index (χ1v) is 6.73. The molecule has 1 rings (SSSR count). The number of benzene rings is 1. The van der Waals surface area contributed by atoms with Gasteiger partial charge >= 0.3 is 0 Å². The van der Waals surface area contributed by atoms with Crippen LogP contribution in [0.25, 0.3) is 0 Å². The first-order chi connectivity index (χ1) is 9.41. The lowest BCUT2D eigenvalue weighted by Gasteiger charge is -2.19. The molecule has 20 heavy (non-hydrogen) atoms. The number of nitrogens with zero attached hydrogens (tertiary/aromatic N) is 1. The quantitative estimate of drug-likeness (QED) is 0.805. The van der Waals surface area contributed by atoms with Crippen LogP contribution in [-0.2, 0) is 16.1 Å². The molecule has 0 unspecified atom stereocenters. The average Bonchev–Trinajstić information content (AvgIpc) is 2.44. The molecule has 1 aromatic rings. The van der Waals surface area contributed by atoms with Crippen LogP contribution in [0.1, 0.15) is 19.4 Å². The predicted octanol–water partition coefficient (Wildman–Crippen LogP) is 0.744. The molecule has 0 heterocycles. The van der Waals surface area contributed by atoms with Crippen LogP contribution >= 0.6 is 0 Å². The molecule has 0 aliphatic rings. The largest absolute Gasteiger partial charge is 0.346 e. The van der Waals surface area contributed by atoms with Crippen LogP contribution in [0, 0.1) is 5.92 Å². The van der Waals surface area contributed by atoms with Gasteiger partial charge in [0.1, 0.15) is 0 Å². The van der Waals surface area contributed by atoms with Crippen LogP contribution in [0.4, 0.5) is 0 Å². The normalized spacial score (nSPS) is 12.1. The van der Waals surface area contributed by atoms with Crippen molar-refractivity contribution < 1.29 is 9.59 Å². The lowest BCUT2D eigenvalue weighted by Crippen LogP contribution is -2.47. The van der Waals surface area contributed by atoms with Crippen LogP contribution in [0.5, 0.6) is 0 Å². The number of carbonyl (C=O) groups excluding carboxylic acids is 2. The summed E-state index contributed by atoms with van der Waals surface area (Å²) in [6, 6.07) is 9.11. The fourth-order valence-electron chi connectivity index (χ4n) is 1.66. The zero-order valence-corrected chi connectivity index (χ0v) is 12.3. The Morgan fingerprint density at radius 2 is 1.85 bits per heavy atom. The van der Waals surface area contributed by atoms with Gasteiger partial charge in [0.05, 0.1) is 12.6 Å². The van der Waals surface area contributed by atoms with Crippen LogP contribution in [0.2, 0.25) is 0 Å². The molecule has 0 radical (unpaired) electrons. The molecular formula is C15H23N3O2. The van der Waals surface area contributed by atoms with Gasteiger partial charge in [-0.15, -0.1) is 0 Å². The van der Waals surface area contributed by atoms with Gasteiger partial charge in [0.25, 0.3) is 0 Å². The van der Waals surface area contributed by atoms with E-state index >= 15 is 0 Å². The summed E-state index contributed by atoms with van der Waals surface area (Å²) >= 11 is 0. The van der Waals surface area contributed by atoms with Crippen molar-refractivity contribution in [2.75, 3.05) is 13.6 Å². The van der Waals surface area contributed by atoms with Crippen LogP contribution < -0.4 is 11.1 Å². The van der Waals surface area contributed by atoms with E-state index in [1.54, 1.807) is 11.9 Å². The van der Waals surface area contributed by atoms with Crippen molar-refractivity contribution in [3.05, 3.63) is 35.9 Å². The van der Waals surface area contributed by atoms with Gasteiger partial charge in [-0.25, -0.2) is 0 Å². The first-order valence-electron chi connectivity index (χ1n) is 6.73. The van der Waals surface area contributed by atoms with Gasteiger partial charge in [0.2, 0.25) is 11.8 Å². The molecular weight excluding hydrogens is 254 g/mol. The van der Waals surface area contributed by atoms with Crippen molar-refractivity contribution >= 4 is 11.8 Å². The summed E-state index contributed by atoms with van der Waals surface area (Å²) in [6.45, 7) is 4.23. The minimum absolute atomic E-state index is 0.0252. The van der Waals surface area contributed by atoms with E-state index < -0.39 is 6.04 Å². The van der Waals surface area contributed by atoms with Crippen LogP contribution in [0.3, 0.4) is 0 Å². The van der Waals surface area contributed by atoms with Crippen molar-refractivity contribution in [3.63, 3.8) is 0 Å². The Morgan fingerprint density at radius 1 is 1.25 bits per heavy atom. The Kier molecular flexibility index (Phi) is 6.18. The number of amides is 2. The van der Waals surface area contributed by atoms with E-state index in [1.165, 1.54) is 0 Å². The maximum Gasteiger partial charge on any atom is 0.242 e. The second kappa shape index (κ2) is 7.65. The third-order valence-corrected chi connectivity index (χ3v) is 3.12. The molecule has 0 aromatic heterocycles. The number of nitrogens with two attached hydrogens (primary N) is 1. The zero-order valence-electron chi connectivity index (χ0n) is 12.3. The molecule has 0 saturated carbocycles. The summed E-state index contributed by atoms with van der Waals surface area (Å²) in [5.41, 5.74) is 6.76. The molecule has 5 nitrogen and oxygen atoms in total. The van der Waals surface area contributed by atoms with E-state index in [9.17, 15) is 9.59 Å². The average molecular weight is 277 g/mol. The minimum atomic E-state index is -0.581. The molecule has 5 heteroatoms. The monoisotopic (exact) mass is 277 g/mol. The van der Waals surface area contributed by atoms with Crippen molar-refractivity contribution in [1.29, 1.82) is 0 Å². The second-order valence-corrected chi connectivity index (χ2v) is 5.22. The van der Waals surface area contributed by atoms with Crippen LogP contribution in [-0.4, -0.2) is 36.3 Å². The molecule has 1 aromatic carbocycles. The fourth-order valence-corrected chi connectivity index (χ4v) is 1.66. The van der Waals surface area contributed by atoms with Gasteiger partial charge in [0, 0.05) is 13.6 Å². The van der Waals surface area contributed by atoms with Crippen molar-refractivity contribution in [1.82, 2.24) is 10.2 Å². The molecule has 0 bridgehead atoms. The lowest BCUT2D eigenvalue weighted by atomic mass is 10.1. The fraction of sp³-hybridized carbons (Fsp3) is 0.467. The Balaban J connectivity index is 2.41. The number of hydrogen-bond donors (Lipinski definition) is 2. The Bertz CT molecular complexity index is 446. The minimum Gasteiger partial charge on any atom is -0.346 e. The van der Waals surface area contributed by atoms with Crippen molar-refractivity contribution in [2.45, 2.75) is 26.4 Å². The standard InChI is InChI=1S/C15H23N3O2/c1-11(2)14(16)15(20)17-9-13(19)18(3)10-12-7-5-4-6-8-12/h4-8,11,14H,9-10,16H2,1-3H3,(H,17,20)/t14-/m0/s1. The summed E-state index contributed by atoms with van der Waals surface area (Å²) < 4.78 is 0. The van der Waals surface area contributed by atoms with E-state index in [-0.39, 0.29) is 24.3 Å². The third-order valence-electron chi connectivity index (χ3n) is 3.12. The molecule has 0 fully saturated rings. The van der Waals surface area contributed by atoms with E-state index in [0.29, 0.717) is 6.54 Å². The molecule has 110 valence electrons. The smallest absolute Gasteiger partial charge is 0.242 e. The predicted molar refractivity (Wildman–Crippen MR) is 78.7 cm³/mol. The van der Waals surface area contributed by atoms with Gasteiger partial charge in [-0.3, -0.25) is 9.59 Å². The zero-order chi connectivity index (χ0) is 15.1. The number of likely N-dealkylation sites (N-methyl/N-ethyl adjacent to an activating group) is 1. The highest BCUT2D eigenvalue weighted by atomic mass is 16.2. The number of nitrogens with one attached hydrogen (secondary N) is 1. The molecule has 0 aliphatic heterocycles. The Hall–Kier alpha value is -1.88. The first kappa shape index (κ1) is 16.2. The highest BCUT2D eigenvalue weighted by Crippen LogP contribution is 2.02. The van der Waals surface area contributed by atoms with Gasteiger partial charge < -0.3 is 16.0 Å². The number of rotatable bonds is 6. The van der Waals surface area contributed by atoms with Gasteiger partial charge in [0.15, 0.2) is 0 Å². The summed E-state index contributed by atoms with van der Waals surface area (Å²) in [5, 5.41) is 2.58. The number of carbonyl (C=O) groups is 2. The molecule has 0 saturated heterocycles. The van der Waals surface area contributed by atoms with Gasteiger partial charge in [-0.1, -0.05) is 44.2 Å². The van der Waals surface area contributed by atoms with Crippen LogP contribution in [0.15, 0.2) is 30.3 Å².